The van der Waals surface area contributed by atoms with Crippen molar-refractivity contribution in [1.29, 1.82) is 0 Å². The third kappa shape index (κ3) is 3.30. The van der Waals surface area contributed by atoms with Crippen LogP contribution in [-0.2, 0) is 11.8 Å². The molecule has 2 heterocycles. The van der Waals surface area contributed by atoms with Crippen LogP contribution in [0.25, 0.3) is 0 Å². The molecule has 0 radical (unpaired) electrons. The summed E-state index contributed by atoms with van der Waals surface area (Å²) < 4.78 is 7.72. The maximum absolute atomic E-state index is 12.4. The number of carbonyl (C=O) groups excluding carboxylic acids is 1. The average Bonchev–Trinajstić information content (AvgIpc) is 2.69. The number of piperidine rings is 1. The van der Waals surface area contributed by atoms with Gasteiger partial charge in [0, 0.05) is 43.7 Å². The van der Waals surface area contributed by atoms with Crippen LogP contribution in [0.2, 0.25) is 0 Å². The summed E-state index contributed by atoms with van der Waals surface area (Å²) in [7, 11) is 2.01. The fraction of sp³-hybridized carbons (Fsp3) is 0.688. The first-order valence-electron chi connectivity index (χ1n) is 7.53. The highest BCUT2D eigenvalue weighted by Crippen LogP contribution is 2.17. The van der Waals surface area contributed by atoms with E-state index in [0.717, 1.165) is 49.5 Å². The highest BCUT2D eigenvalue weighted by atomic mass is 16.5. The molecular weight excluding hydrogens is 252 g/mol. The molecule has 0 saturated carbocycles. The summed E-state index contributed by atoms with van der Waals surface area (Å²) >= 11 is 0. The van der Waals surface area contributed by atoms with E-state index in [2.05, 4.69) is 9.47 Å². The van der Waals surface area contributed by atoms with Crippen LogP contribution in [0.4, 0.5) is 0 Å². The minimum Gasteiger partial charge on any atom is -0.378 e. The number of hydrogen-bond donors (Lipinski definition) is 0. The van der Waals surface area contributed by atoms with Gasteiger partial charge in [0.1, 0.15) is 0 Å². The number of ketones is 1. The zero-order valence-electron chi connectivity index (χ0n) is 13.1. The number of aryl methyl sites for hydroxylation is 1. The van der Waals surface area contributed by atoms with Crippen molar-refractivity contribution in [3.63, 3.8) is 0 Å². The predicted octanol–water partition coefficient (Wildman–Crippen LogP) is 2.33. The minimum atomic E-state index is 0.237. The van der Waals surface area contributed by atoms with E-state index in [9.17, 15) is 4.79 Å². The van der Waals surface area contributed by atoms with Gasteiger partial charge in [-0.05, 0) is 39.7 Å². The van der Waals surface area contributed by atoms with Crippen LogP contribution in [0.1, 0.15) is 41.5 Å². The fourth-order valence-electron chi connectivity index (χ4n) is 2.90. The van der Waals surface area contributed by atoms with Gasteiger partial charge in [-0.3, -0.25) is 9.69 Å². The number of hydrogen-bond acceptors (Lipinski definition) is 3. The van der Waals surface area contributed by atoms with Gasteiger partial charge in [0.05, 0.1) is 12.6 Å². The zero-order chi connectivity index (χ0) is 14.7. The summed E-state index contributed by atoms with van der Waals surface area (Å²) in [6.45, 7) is 9.33. The number of carbonyl (C=O) groups is 1. The third-order valence-corrected chi connectivity index (χ3v) is 4.38. The zero-order valence-corrected chi connectivity index (χ0v) is 13.1. The van der Waals surface area contributed by atoms with Crippen molar-refractivity contribution in [3.05, 3.63) is 23.0 Å². The second kappa shape index (κ2) is 6.55. The van der Waals surface area contributed by atoms with Crippen molar-refractivity contribution >= 4 is 5.78 Å². The van der Waals surface area contributed by atoms with E-state index in [4.69, 9.17) is 4.74 Å². The molecule has 0 spiro atoms. The van der Waals surface area contributed by atoms with Gasteiger partial charge < -0.3 is 9.30 Å². The SMILES string of the molecule is CCOC1CCN(CC(=O)c2cc(C)n(C)c2C)CC1. The van der Waals surface area contributed by atoms with E-state index in [0.29, 0.717) is 12.6 Å². The lowest BCUT2D eigenvalue weighted by atomic mass is 10.1. The van der Waals surface area contributed by atoms with Crippen LogP contribution >= 0.6 is 0 Å². The second-order valence-corrected chi connectivity index (χ2v) is 5.70. The molecule has 1 fully saturated rings. The quantitative estimate of drug-likeness (QED) is 0.775. The molecular formula is C16H26N2O2. The highest BCUT2D eigenvalue weighted by Gasteiger charge is 2.22. The van der Waals surface area contributed by atoms with E-state index in [-0.39, 0.29) is 5.78 Å². The van der Waals surface area contributed by atoms with Crippen LogP contribution in [0.5, 0.6) is 0 Å². The Labute approximate surface area is 121 Å². The molecule has 1 aliphatic heterocycles. The summed E-state index contributed by atoms with van der Waals surface area (Å²) in [6, 6.07) is 2.00. The summed E-state index contributed by atoms with van der Waals surface area (Å²) in [6.07, 6.45) is 2.45. The van der Waals surface area contributed by atoms with Crippen molar-refractivity contribution < 1.29 is 9.53 Å². The molecule has 0 bridgehead atoms. The molecule has 4 heteroatoms. The summed E-state index contributed by atoms with van der Waals surface area (Å²) in [5.41, 5.74) is 3.08. The molecule has 0 aliphatic carbocycles. The van der Waals surface area contributed by atoms with E-state index in [1.807, 2.05) is 33.9 Å². The fourth-order valence-corrected chi connectivity index (χ4v) is 2.90. The Balaban J connectivity index is 1.91. The van der Waals surface area contributed by atoms with E-state index >= 15 is 0 Å². The highest BCUT2D eigenvalue weighted by molar-refractivity contribution is 5.99. The molecule has 4 nitrogen and oxygen atoms in total. The first-order valence-corrected chi connectivity index (χ1v) is 7.53. The van der Waals surface area contributed by atoms with Crippen molar-refractivity contribution in [2.75, 3.05) is 26.2 Å². The van der Waals surface area contributed by atoms with Crippen LogP contribution in [-0.4, -0.2) is 47.6 Å². The predicted molar refractivity (Wildman–Crippen MR) is 80.3 cm³/mol. The Kier molecular flexibility index (Phi) is 5.00. The molecule has 0 N–H and O–H groups in total. The van der Waals surface area contributed by atoms with Gasteiger partial charge >= 0.3 is 0 Å². The summed E-state index contributed by atoms with van der Waals surface area (Å²) in [4.78, 5) is 14.7. The lowest BCUT2D eigenvalue weighted by Crippen LogP contribution is -2.40. The smallest absolute Gasteiger partial charge is 0.178 e. The van der Waals surface area contributed by atoms with Crippen molar-refractivity contribution in [3.8, 4) is 0 Å². The molecule has 0 atom stereocenters. The number of ether oxygens (including phenoxy) is 1. The third-order valence-electron chi connectivity index (χ3n) is 4.38. The first kappa shape index (κ1) is 15.3. The van der Waals surface area contributed by atoms with Crippen LogP contribution in [0.15, 0.2) is 6.07 Å². The molecule has 20 heavy (non-hydrogen) atoms. The minimum absolute atomic E-state index is 0.237. The number of rotatable bonds is 5. The van der Waals surface area contributed by atoms with E-state index in [1.54, 1.807) is 0 Å². The number of nitrogens with zero attached hydrogens (tertiary/aromatic N) is 2. The normalized spacial score (nSPS) is 17.6. The molecule has 2 rings (SSSR count). The van der Waals surface area contributed by atoms with E-state index in [1.165, 1.54) is 0 Å². The van der Waals surface area contributed by atoms with Crippen LogP contribution < -0.4 is 0 Å². The maximum atomic E-state index is 12.4. The molecule has 1 aliphatic rings. The van der Waals surface area contributed by atoms with Crippen molar-refractivity contribution in [2.24, 2.45) is 7.05 Å². The Morgan fingerprint density at radius 2 is 2.00 bits per heavy atom. The molecule has 1 aromatic heterocycles. The Morgan fingerprint density at radius 3 is 2.50 bits per heavy atom. The van der Waals surface area contributed by atoms with Crippen molar-refractivity contribution in [1.82, 2.24) is 9.47 Å². The lowest BCUT2D eigenvalue weighted by Gasteiger charge is -2.31. The molecule has 0 amide bonds. The van der Waals surface area contributed by atoms with E-state index < -0.39 is 0 Å². The molecule has 112 valence electrons. The topological polar surface area (TPSA) is 34.5 Å². The molecule has 0 unspecified atom stereocenters. The van der Waals surface area contributed by atoms with Crippen LogP contribution in [0.3, 0.4) is 0 Å². The maximum Gasteiger partial charge on any atom is 0.178 e. The largest absolute Gasteiger partial charge is 0.378 e. The lowest BCUT2D eigenvalue weighted by molar-refractivity contribution is 0.0147. The van der Waals surface area contributed by atoms with Gasteiger partial charge in [0.25, 0.3) is 0 Å². The monoisotopic (exact) mass is 278 g/mol. The van der Waals surface area contributed by atoms with Gasteiger partial charge in [-0.15, -0.1) is 0 Å². The van der Waals surface area contributed by atoms with Gasteiger partial charge in [-0.2, -0.15) is 0 Å². The first-order chi connectivity index (χ1) is 9.52. The Morgan fingerprint density at radius 1 is 1.35 bits per heavy atom. The second-order valence-electron chi connectivity index (χ2n) is 5.70. The number of aromatic nitrogens is 1. The Bertz CT molecular complexity index is 471. The molecule has 1 saturated heterocycles. The van der Waals surface area contributed by atoms with Crippen LogP contribution in [0, 0.1) is 13.8 Å². The number of Topliss-reactive ketones (excluding diaryl/α,β-unsaturated/α-hetero) is 1. The molecule has 1 aromatic rings. The Hall–Kier alpha value is -1.13. The standard InChI is InChI=1S/C16H26N2O2/c1-5-20-14-6-8-18(9-7-14)11-16(19)15-10-12(2)17(4)13(15)3/h10,14H,5-9,11H2,1-4H3. The summed E-state index contributed by atoms with van der Waals surface area (Å²) in [5, 5.41) is 0. The van der Waals surface area contributed by atoms with Crippen molar-refractivity contribution in [2.45, 2.75) is 39.7 Å². The number of likely N-dealkylation sites (tertiary alicyclic amines) is 1. The average molecular weight is 278 g/mol. The van der Waals surface area contributed by atoms with Gasteiger partial charge in [0.2, 0.25) is 0 Å². The van der Waals surface area contributed by atoms with Gasteiger partial charge in [0.15, 0.2) is 5.78 Å². The van der Waals surface area contributed by atoms with Gasteiger partial charge in [-0.25, -0.2) is 0 Å². The molecule has 0 aromatic carbocycles. The summed E-state index contributed by atoms with van der Waals surface area (Å²) in [5.74, 6) is 0.237. The van der Waals surface area contributed by atoms with Gasteiger partial charge in [-0.1, -0.05) is 0 Å².